The van der Waals surface area contributed by atoms with E-state index in [4.69, 9.17) is 4.74 Å². The highest BCUT2D eigenvalue weighted by Gasteiger charge is 2.35. The Kier molecular flexibility index (Phi) is 7.20. The van der Waals surface area contributed by atoms with Crippen molar-refractivity contribution >= 4 is 40.5 Å². The molecule has 0 aromatic heterocycles. The minimum absolute atomic E-state index is 0.111. The van der Waals surface area contributed by atoms with E-state index in [1.165, 1.54) is 0 Å². The summed E-state index contributed by atoms with van der Waals surface area (Å²) in [5, 5.41) is 10.9. The molecule has 164 valence electrons. The van der Waals surface area contributed by atoms with Crippen LogP contribution in [0.25, 0.3) is 0 Å². The molecule has 7 nitrogen and oxygen atoms in total. The largest absolute Gasteiger partial charge is 0.490 e. The van der Waals surface area contributed by atoms with Gasteiger partial charge in [-0.15, -0.1) is 0 Å². The average molecular weight is 460 g/mol. The van der Waals surface area contributed by atoms with Crippen molar-refractivity contribution in [3.05, 3.63) is 29.8 Å². The van der Waals surface area contributed by atoms with Gasteiger partial charge in [-0.3, -0.25) is 24.6 Å². The van der Waals surface area contributed by atoms with Crippen LogP contribution >= 0.6 is 23.5 Å². The molecule has 3 aliphatic heterocycles. The van der Waals surface area contributed by atoms with E-state index in [1.807, 2.05) is 24.3 Å². The number of carbonyl (C=O) groups is 3. The van der Waals surface area contributed by atoms with E-state index in [0.717, 1.165) is 60.5 Å². The fraction of sp³-hybridized carbons (Fsp3) is 0.545. The Morgan fingerprint density at radius 2 is 1.94 bits per heavy atom. The Hall–Kier alpha value is -2.02. The van der Waals surface area contributed by atoms with Gasteiger partial charge in [0.15, 0.2) is 5.78 Å². The quantitative estimate of drug-likeness (QED) is 0.664. The lowest BCUT2D eigenvalue weighted by Gasteiger charge is -2.32. The number of nitriles is 1. The van der Waals surface area contributed by atoms with E-state index in [-0.39, 0.29) is 40.1 Å². The minimum Gasteiger partial charge on any atom is -0.490 e. The van der Waals surface area contributed by atoms with Crippen molar-refractivity contribution in [2.45, 2.75) is 30.6 Å². The number of nitrogens with one attached hydrogen (secondary N) is 1. The average Bonchev–Trinajstić information content (AvgIpc) is 3.36. The van der Waals surface area contributed by atoms with Gasteiger partial charge in [0.25, 0.3) is 5.24 Å². The number of hydrogen-bond acceptors (Lipinski definition) is 8. The number of benzene rings is 1. The van der Waals surface area contributed by atoms with Crippen molar-refractivity contribution in [2.75, 3.05) is 31.1 Å². The van der Waals surface area contributed by atoms with Crippen molar-refractivity contribution in [1.29, 1.82) is 5.26 Å². The van der Waals surface area contributed by atoms with E-state index in [9.17, 15) is 19.6 Å². The minimum atomic E-state index is -0.363. The maximum atomic E-state index is 12.6. The third kappa shape index (κ3) is 5.62. The molecule has 1 aromatic carbocycles. The normalized spacial score (nSPS) is 27.1. The number of rotatable bonds is 7. The molecule has 4 rings (SSSR count). The summed E-state index contributed by atoms with van der Waals surface area (Å²) in [5.41, 5.74) is 0.990. The summed E-state index contributed by atoms with van der Waals surface area (Å²) >= 11 is 2.74. The van der Waals surface area contributed by atoms with Crippen LogP contribution in [0, 0.1) is 23.2 Å². The van der Waals surface area contributed by atoms with Gasteiger partial charge in [-0.2, -0.15) is 17.0 Å². The summed E-state index contributed by atoms with van der Waals surface area (Å²) < 4.78 is 6.11. The fourth-order valence-electron chi connectivity index (χ4n) is 4.16. The number of amides is 2. The van der Waals surface area contributed by atoms with Gasteiger partial charge in [0.05, 0.1) is 23.8 Å². The fourth-order valence-corrected chi connectivity index (χ4v) is 6.39. The molecule has 2 amide bonds. The number of Topliss-reactive ketones (excluding diaryl/α,β-unsaturated/α-hetero) is 1. The number of ketones is 1. The lowest BCUT2D eigenvalue weighted by molar-refractivity contribution is -0.124. The molecule has 31 heavy (non-hydrogen) atoms. The molecule has 0 bridgehead atoms. The number of carbonyl (C=O) groups excluding carboxylic acids is 3. The SMILES string of the molecule is N#C[C@@H]1CSCC1C(=O)CN1CCC(Oc2ccc(CC3SC(=O)NC3=O)cc2)CC1. The third-order valence-corrected chi connectivity index (χ3v) is 8.16. The highest BCUT2D eigenvalue weighted by atomic mass is 32.2. The second kappa shape index (κ2) is 10.1. The molecule has 0 spiro atoms. The van der Waals surface area contributed by atoms with Crippen LogP contribution in [0.4, 0.5) is 4.79 Å². The molecule has 3 aliphatic rings. The molecular formula is C22H25N3O4S2. The summed E-state index contributed by atoms with van der Waals surface area (Å²) in [6.07, 6.45) is 2.34. The Morgan fingerprint density at radius 3 is 2.58 bits per heavy atom. The summed E-state index contributed by atoms with van der Waals surface area (Å²) in [6, 6.07) is 9.96. The van der Waals surface area contributed by atoms with Crippen molar-refractivity contribution in [2.24, 2.45) is 11.8 Å². The summed E-state index contributed by atoms with van der Waals surface area (Å²) in [6.45, 7) is 2.06. The number of ether oxygens (including phenoxy) is 1. The van der Waals surface area contributed by atoms with Crippen LogP contribution in [-0.4, -0.2) is 64.3 Å². The molecular weight excluding hydrogens is 434 g/mol. The molecule has 3 fully saturated rings. The van der Waals surface area contributed by atoms with Crippen molar-refractivity contribution in [1.82, 2.24) is 10.2 Å². The first-order chi connectivity index (χ1) is 15.0. The highest BCUT2D eigenvalue weighted by molar-refractivity contribution is 8.15. The molecule has 2 unspecified atom stereocenters. The Labute approximate surface area is 190 Å². The number of piperidine rings is 1. The van der Waals surface area contributed by atoms with Gasteiger partial charge in [-0.25, -0.2) is 0 Å². The van der Waals surface area contributed by atoms with Gasteiger partial charge >= 0.3 is 0 Å². The zero-order valence-electron chi connectivity index (χ0n) is 17.1. The molecule has 0 radical (unpaired) electrons. The Morgan fingerprint density at radius 1 is 1.19 bits per heavy atom. The molecule has 1 N–H and O–H groups in total. The van der Waals surface area contributed by atoms with Crippen molar-refractivity contribution in [3.8, 4) is 11.8 Å². The molecule has 3 saturated heterocycles. The van der Waals surface area contributed by atoms with Gasteiger partial charge in [-0.05, 0) is 37.0 Å². The molecule has 0 saturated carbocycles. The first kappa shape index (κ1) is 22.2. The summed E-state index contributed by atoms with van der Waals surface area (Å²) in [4.78, 5) is 37.7. The lowest BCUT2D eigenvalue weighted by atomic mass is 9.92. The number of imide groups is 1. The van der Waals surface area contributed by atoms with Crippen LogP contribution in [-0.2, 0) is 16.0 Å². The number of nitrogens with zero attached hydrogens (tertiary/aromatic N) is 2. The maximum Gasteiger partial charge on any atom is 0.286 e. The predicted molar refractivity (Wildman–Crippen MR) is 120 cm³/mol. The number of thioether (sulfide) groups is 2. The zero-order valence-corrected chi connectivity index (χ0v) is 18.8. The number of hydrogen-bond donors (Lipinski definition) is 1. The second-order valence-corrected chi connectivity index (χ2v) is 10.4. The van der Waals surface area contributed by atoms with Crippen molar-refractivity contribution in [3.63, 3.8) is 0 Å². The van der Waals surface area contributed by atoms with E-state index >= 15 is 0 Å². The van der Waals surface area contributed by atoms with Crippen LogP contribution in [0.3, 0.4) is 0 Å². The topological polar surface area (TPSA) is 99.5 Å². The maximum absolute atomic E-state index is 12.6. The van der Waals surface area contributed by atoms with Gasteiger partial charge in [0, 0.05) is 30.5 Å². The van der Waals surface area contributed by atoms with Crippen LogP contribution in [0.1, 0.15) is 18.4 Å². The standard InChI is InChI=1S/C22H25N3O4S2/c23-10-15-12-30-13-18(15)19(26)11-25-7-5-17(6-8-25)29-16-3-1-14(2-4-16)9-20-21(27)24-22(28)31-20/h1-4,15,17-18,20H,5-9,11-13H2,(H,24,27,28)/t15-,18?,20?/m1/s1. The van der Waals surface area contributed by atoms with Crippen LogP contribution in [0.15, 0.2) is 24.3 Å². The zero-order chi connectivity index (χ0) is 21.8. The van der Waals surface area contributed by atoms with Crippen LogP contribution in [0.2, 0.25) is 0 Å². The third-order valence-electron chi connectivity index (χ3n) is 5.99. The first-order valence-electron chi connectivity index (χ1n) is 10.5. The monoisotopic (exact) mass is 459 g/mol. The Bertz CT molecular complexity index is 878. The van der Waals surface area contributed by atoms with E-state index in [1.54, 1.807) is 11.8 Å². The van der Waals surface area contributed by atoms with E-state index < -0.39 is 0 Å². The van der Waals surface area contributed by atoms with E-state index in [0.29, 0.717) is 13.0 Å². The molecule has 9 heteroatoms. The summed E-state index contributed by atoms with van der Waals surface area (Å²) in [5.74, 6) is 2.05. The Balaban J connectivity index is 1.21. The predicted octanol–water partition coefficient (Wildman–Crippen LogP) is 2.50. The summed E-state index contributed by atoms with van der Waals surface area (Å²) in [7, 11) is 0. The van der Waals surface area contributed by atoms with E-state index in [2.05, 4.69) is 16.3 Å². The van der Waals surface area contributed by atoms with Gasteiger partial charge in [-0.1, -0.05) is 23.9 Å². The van der Waals surface area contributed by atoms with Gasteiger partial charge in [0.1, 0.15) is 11.9 Å². The lowest BCUT2D eigenvalue weighted by Crippen LogP contribution is -2.42. The van der Waals surface area contributed by atoms with Gasteiger partial charge < -0.3 is 4.74 Å². The van der Waals surface area contributed by atoms with Crippen molar-refractivity contribution < 1.29 is 19.1 Å². The number of likely N-dealkylation sites (tertiary alicyclic amines) is 1. The molecule has 3 heterocycles. The second-order valence-electron chi connectivity index (χ2n) is 8.17. The van der Waals surface area contributed by atoms with Crippen LogP contribution in [0.5, 0.6) is 5.75 Å². The first-order valence-corrected chi connectivity index (χ1v) is 12.5. The molecule has 3 atom stereocenters. The van der Waals surface area contributed by atoms with Crippen LogP contribution < -0.4 is 10.1 Å². The highest BCUT2D eigenvalue weighted by Crippen LogP contribution is 2.30. The van der Waals surface area contributed by atoms with Gasteiger partial charge in [0.2, 0.25) is 5.91 Å². The molecule has 0 aliphatic carbocycles. The molecule has 1 aromatic rings. The smallest absolute Gasteiger partial charge is 0.286 e.